The SMILES string of the molecule is COc1cccc2c1O[C@@H](c1ccc(O[Si](C(C)C)(C(C)C)C(C)C)cc1)[C@@H](C)S2(=O)=O. The van der Waals surface area contributed by atoms with Crippen molar-refractivity contribution in [2.24, 2.45) is 0 Å². The minimum atomic E-state index is -3.55. The molecule has 0 aliphatic carbocycles. The largest absolute Gasteiger partial charge is 0.543 e. The lowest BCUT2D eigenvalue weighted by Crippen LogP contribution is -2.50. The molecule has 0 unspecified atom stereocenters. The number of benzene rings is 2. The molecule has 0 aromatic heterocycles. The van der Waals surface area contributed by atoms with Crippen molar-refractivity contribution >= 4 is 18.2 Å². The maximum absolute atomic E-state index is 13.2. The Morgan fingerprint density at radius 2 is 1.47 bits per heavy atom. The summed E-state index contributed by atoms with van der Waals surface area (Å²) in [6.45, 7) is 15.2. The molecule has 2 aromatic rings. The Labute approximate surface area is 194 Å². The molecule has 0 radical (unpaired) electrons. The average molecular weight is 477 g/mol. The number of para-hydroxylation sites is 1. The third-order valence-corrected chi connectivity index (χ3v) is 15.0. The van der Waals surface area contributed by atoms with E-state index < -0.39 is 29.5 Å². The number of methoxy groups -OCH3 is 1. The summed E-state index contributed by atoms with van der Waals surface area (Å²) in [7, 11) is -4.11. The van der Waals surface area contributed by atoms with Gasteiger partial charge in [-0.3, -0.25) is 0 Å². The van der Waals surface area contributed by atoms with Crippen molar-refractivity contribution in [1.82, 2.24) is 0 Å². The van der Waals surface area contributed by atoms with Gasteiger partial charge in [-0.25, -0.2) is 8.42 Å². The lowest BCUT2D eigenvalue weighted by Gasteiger charge is -2.42. The second kappa shape index (κ2) is 9.10. The molecule has 0 fully saturated rings. The zero-order valence-electron chi connectivity index (χ0n) is 20.4. The van der Waals surface area contributed by atoms with Gasteiger partial charge in [-0.15, -0.1) is 0 Å². The summed E-state index contributed by atoms with van der Waals surface area (Å²) < 4.78 is 44.7. The van der Waals surface area contributed by atoms with E-state index in [0.717, 1.165) is 11.3 Å². The molecule has 0 bridgehead atoms. The predicted molar refractivity (Wildman–Crippen MR) is 131 cm³/mol. The third kappa shape index (κ3) is 4.05. The Bertz CT molecular complexity index is 1020. The first kappa shape index (κ1) is 24.6. The highest BCUT2D eigenvalue weighted by molar-refractivity contribution is 7.92. The van der Waals surface area contributed by atoms with Crippen LogP contribution in [0.4, 0.5) is 0 Å². The predicted octanol–water partition coefficient (Wildman–Crippen LogP) is 6.55. The summed E-state index contributed by atoms with van der Waals surface area (Å²) in [5.41, 5.74) is 2.21. The first-order valence-corrected chi connectivity index (χ1v) is 15.0. The lowest BCUT2D eigenvalue weighted by molar-refractivity contribution is 0.180. The third-order valence-electron chi connectivity index (χ3n) is 6.84. The van der Waals surface area contributed by atoms with Crippen molar-refractivity contribution in [2.75, 3.05) is 7.11 Å². The summed E-state index contributed by atoms with van der Waals surface area (Å²) in [5, 5.41) is -0.718. The highest BCUT2D eigenvalue weighted by Crippen LogP contribution is 2.46. The van der Waals surface area contributed by atoms with E-state index >= 15 is 0 Å². The number of ether oxygens (including phenoxy) is 2. The highest BCUT2D eigenvalue weighted by atomic mass is 32.2. The van der Waals surface area contributed by atoms with Crippen LogP contribution < -0.4 is 13.9 Å². The molecular formula is C25H36O5SSi. The van der Waals surface area contributed by atoms with Crippen molar-refractivity contribution in [1.29, 1.82) is 0 Å². The Balaban J connectivity index is 1.95. The molecule has 0 saturated carbocycles. The van der Waals surface area contributed by atoms with Crippen LogP contribution in [0.25, 0.3) is 0 Å². The average Bonchev–Trinajstić information content (AvgIpc) is 2.74. The van der Waals surface area contributed by atoms with Crippen molar-refractivity contribution in [3.63, 3.8) is 0 Å². The van der Waals surface area contributed by atoms with Crippen LogP contribution in [0.15, 0.2) is 47.4 Å². The summed E-state index contributed by atoms with van der Waals surface area (Å²) in [6, 6.07) is 12.7. The Kier molecular flexibility index (Phi) is 7.01. The van der Waals surface area contributed by atoms with Gasteiger partial charge in [-0.2, -0.15) is 0 Å². The number of sulfone groups is 1. The monoisotopic (exact) mass is 476 g/mol. The molecule has 7 heteroatoms. The molecule has 0 amide bonds. The molecule has 1 heterocycles. The Hall–Kier alpha value is -1.99. The Morgan fingerprint density at radius 3 is 1.97 bits per heavy atom. The van der Waals surface area contributed by atoms with Crippen LogP contribution in [-0.2, 0) is 9.84 Å². The van der Waals surface area contributed by atoms with Gasteiger partial charge in [0.1, 0.15) is 22.0 Å². The first-order valence-electron chi connectivity index (χ1n) is 11.3. The van der Waals surface area contributed by atoms with Crippen LogP contribution in [0, 0.1) is 0 Å². The molecule has 32 heavy (non-hydrogen) atoms. The fourth-order valence-electron chi connectivity index (χ4n) is 5.20. The van der Waals surface area contributed by atoms with Crippen LogP contribution in [0.2, 0.25) is 16.6 Å². The second-order valence-corrected chi connectivity index (χ2v) is 17.2. The van der Waals surface area contributed by atoms with E-state index in [0.29, 0.717) is 22.4 Å². The van der Waals surface area contributed by atoms with Crippen LogP contribution in [0.3, 0.4) is 0 Å². The number of hydrogen-bond donors (Lipinski definition) is 0. The van der Waals surface area contributed by atoms with Crippen LogP contribution in [-0.4, -0.2) is 29.1 Å². The van der Waals surface area contributed by atoms with Crippen molar-refractivity contribution in [3.05, 3.63) is 48.0 Å². The van der Waals surface area contributed by atoms with Crippen molar-refractivity contribution in [3.8, 4) is 17.2 Å². The zero-order chi connectivity index (χ0) is 23.8. The van der Waals surface area contributed by atoms with Gasteiger partial charge in [0.2, 0.25) is 0 Å². The van der Waals surface area contributed by atoms with Crippen LogP contribution in [0.1, 0.15) is 60.1 Å². The van der Waals surface area contributed by atoms with E-state index in [1.165, 1.54) is 7.11 Å². The number of hydrogen-bond acceptors (Lipinski definition) is 5. The van der Waals surface area contributed by atoms with Gasteiger partial charge in [0.05, 0.1) is 7.11 Å². The molecule has 3 rings (SSSR count). The van der Waals surface area contributed by atoms with Gasteiger partial charge in [0.15, 0.2) is 21.3 Å². The smallest absolute Gasteiger partial charge is 0.258 e. The second-order valence-electron chi connectivity index (χ2n) is 9.56. The van der Waals surface area contributed by atoms with Gasteiger partial charge in [-0.05, 0) is 53.4 Å². The van der Waals surface area contributed by atoms with Crippen molar-refractivity contribution < 1.29 is 22.3 Å². The Morgan fingerprint density at radius 1 is 0.906 bits per heavy atom. The fraction of sp³-hybridized carbons (Fsp3) is 0.520. The van der Waals surface area contributed by atoms with Gasteiger partial charge in [-0.1, -0.05) is 59.7 Å². The van der Waals surface area contributed by atoms with E-state index in [9.17, 15) is 8.42 Å². The van der Waals surface area contributed by atoms with E-state index in [1.54, 1.807) is 25.1 Å². The minimum Gasteiger partial charge on any atom is -0.543 e. The summed E-state index contributed by atoms with van der Waals surface area (Å²) in [5.74, 6) is 1.54. The molecule has 1 aliphatic rings. The quantitative estimate of drug-likeness (QED) is 0.424. The highest BCUT2D eigenvalue weighted by Gasteiger charge is 2.47. The molecule has 0 spiro atoms. The molecule has 0 saturated heterocycles. The summed E-state index contributed by atoms with van der Waals surface area (Å²) in [6.07, 6.45) is -0.625. The zero-order valence-corrected chi connectivity index (χ0v) is 22.2. The minimum absolute atomic E-state index is 0.183. The summed E-state index contributed by atoms with van der Waals surface area (Å²) >= 11 is 0. The van der Waals surface area contributed by atoms with Gasteiger partial charge in [0, 0.05) is 0 Å². The van der Waals surface area contributed by atoms with Crippen LogP contribution >= 0.6 is 0 Å². The first-order chi connectivity index (χ1) is 15.0. The van der Waals surface area contributed by atoms with E-state index in [2.05, 4.69) is 41.5 Å². The van der Waals surface area contributed by atoms with Crippen molar-refractivity contribution in [2.45, 2.75) is 81.3 Å². The standard InChI is InChI=1S/C25H36O5SSi/c1-16(2)32(17(3)4,18(5)6)30-21-14-12-20(13-15-21)24-19(7)31(26,27)23-11-9-10-22(28-8)25(23)29-24/h9-19,24H,1-8H3/t19-,24-/m1/s1. The molecule has 176 valence electrons. The van der Waals surface area contributed by atoms with Gasteiger partial charge >= 0.3 is 0 Å². The number of rotatable bonds is 7. The maximum atomic E-state index is 13.2. The maximum Gasteiger partial charge on any atom is 0.258 e. The molecular weight excluding hydrogens is 440 g/mol. The molecule has 2 aromatic carbocycles. The van der Waals surface area contributed by atoms with Gasteiger partial charge in [0.25, 0.3) is 8.32 Å². The normalized spacial score (nSPS) is 20.2. The topological polar surface area (TPSA) is 61.8 Å². The lowest BCUT2D eigenvalue weighted by atomic mass is 10.1. The fourth-order valence-corrected chi connectivity index (χ4v) is 12.1. The van der Waals surface area contributed by atoms with E-state index in [1.807, 2.05) is 24.3 Å². The molecule has 2 atom stereocenters. The molecule has 5 nitrogen and oxygen atoms in total. The van der Waals surface area contributed by atoms with E-state index in [4.69, 9.17) is 13.9 Å². The van der Waals surface area contributed by atoms with E-state index in [-0.39, 0.29) is 10.6 Å². The number of fused-ring (bicyclic) bond motifs is 1. The van der Waals surface area contributed by atoms with Crippen LogP contribution in [0.5, 0.6) is 17.2 Å². The molecule has 0 N–H and O–H groups in total. The van der Waals surface area contributed by atoms with Gasteiger partial charge < -0.3 is 13.9 Å². The summed E-state index contributed by atoms with van der Waals surface area (Å²) in [4.78, 5) is 0.183. The molecule has 1 aliphatic heterocycles.